The molecule has 0 unspecified atom stereocenters. The lowest BCUT2D eigenvalue weighted by atomic mass is 9.82. The van der Waals surface area contributed by atoms with Crippen LogP contribution in [0.1, 0.15) is 30.5 Å². The molecule has 0 bridgehead atoms. The van der Waals surface area contributed by atoms with Crippen molar-refractivity contribution in [3.05, 3.63) is 217 Å². The summed E-state index contributed by atoms with van der Waals surface area (Å²) in [4.78, 5) is 2.40. The first kappa shape index (κ1) is 33.7. The molecule has 1 aliphatic rings. The van der Waals surface area contributed by atoms with Gasteiger partial charge in [-0.05, 0) is 123 Å². The second-order valence-electron chi connectivity index (χ2n) is 15.4. The molecule has 1 aromatic heterocycles. The monoisotopic (exact) mass is 718 g/mol. The van der Waals surface area contributed by atoms with Crippen molar-refractivity contribution in [2.45, 2.75) is 26.2 Å². The van der Waals surface area contributed by atoms with Gasteiger partial charge in [0.25, 0.3) is 0 Å². The van der Waals surface area contributed by atoms with Crippen LogP contribution in [0.4, 0.5) is 17.1 Å². The van der Waals surface area contributed by atoms with E-state index in [0.717, 1.165) is 22.7 Å². The number of hydrogen-bond donors (Lipinski definition) is 0. The average molecular weight is 719 g/mol. The maximum atomic E-state index is 2.41. The molecule has 0 N–H and O–H groups in total. The molecule has 2 nitrogen and oxygen atoms in total. The van der Waals surface area contributed by atoms with E-state index < -0.39 is 0 Å². The summed E-state index contributed by atoms with van der Waals surface area (Å²) in [6.45, 7) is 6.96. The summed E-state index contributed by atoms with van der Waals surface area (Å²) in [5, 5.41) is 1.26. The minimum atomic E-state index is -0.0920. The normalized spacial score (nSPS) is 12.7. The van der Waals surface area contributed by atoms with Gasteiger partial charge in [0, 0.05) is 33.6 Å². The molecule has 0 radical (unpaired) electrons. The SMILES string of the molecule is Cc1c(-c2ccccc2)n(-c2ccccc2)c2ccc(-c3ccc(N(c4ccc(-c5ccccc5)cc4)c4ccc5c(c4)C(C)(C)c4ccccc4-5)cc3)cc12. The summed E-state index contributed by atoms with van der Waals surface area (Å²) >= 11 is 0. The first-order chi connectivity index (χ1) is 27.5. The number of aryl methyl sites for hydroxylation is 1. The maximum absolute atomic E-state index is 2.41. The van der Waals surface area contributed by atoms with Crippen molar-refractivity contribution in [2.24, 2.45) is 0 Å². The van der Waals surface area contributed by atoms with Crippen molar-refractivity contribution in [1.29, 1.82) is 0 Å². The lowest BCUT2D eigenvalue weighted by molar-refractivity contribution is 0.660. The Morgan fingerprint density at radius 1 is 0.411 bits per heavy atom. The lowest BCUT2D eigenvalue weighted by Gasteiger charge is -2.28. The van der Waals surface area contributed by atoms with Crippen molar-refractivity contribution in [3.8, 4) is 50.3 Å². The minimum absolute atomic E-state index is 0.0920. The fourth-order valence-corrected chi connectivity index (χ4v) is 8.93. The first-order valence-corrected chi connectivity index (χ1v) is 19.5. The van der Waals surface area contributed by atoms with Crippen LogP contribution in [0.15, 0.2) is 200 Å². The fourth-order valence-electron chi connectivity index (χ4n) is 8.93. The number of fused-ring (bicyclic) bond motifs is 4. The Balaban J connectivity index is 1.07. The molecule has 1 aliphatic carbocycles. The molecule has 2 heteroatoms. The number of para-hydroxylation sites is 1. The number of anilines is 3. The van der Waals surface area contributed by atoms with Crippen LogP contribution in [0.2, 0.25) is 0 Å². The van der Waals surface area contributed by atoms with E-state index in [-0.39, 0.29) is 5.41 Å². The van der Waals surface area contributed by atoms with E-state index in [2.05, 4.69) is 230 Å². The van der Waals surface area contributed by atoms with Gasteiger partial charge in [-0.1, -0.05) is 153 Å². The molecule has 0 amide bonds. The summed E-state index contributed by atoms with van der Waals surface area (Å²) < 4.78 is 2.41. The molecule has 9 aromatic rings. The summed E-state index contributed by atoms with van der Waals surface area (Å²) in [6, 6.07) is 72.9. The van der Waals surface area contributed by atoms with Gasteiger partial charge in [-0.25, -0.2) is 0 Å². The van der Waals surface area contributed by atoms with Crippen molar-refractivity contribution >= 4 is 28.0 Å². The van der Waals surface area contributed by atoms with Crippen molar-refractivity contribution < 1.29 is 0 Å². The quantitative estimate of drug-likeness (QED) is 0.159. The Morgan fingerprint density at radius 2 is 0.911 bits per heavy atom. The Labute approximate surface area is 329 Å². The number of nitrogens with zero attached hydrogens (tertiary/aromatic N) is 2. The topological polar surface area (TPSA) is 8.17 Å². The van der Waals surface area contributed by atoms with Gasteiger partial charge in [-0.15, -0.1) is 0 Å². The van der Waals surface area contributed by atoms with Crippen LogP contribution in [-0.2, 0) is 5.41 Å². The number of rotatable bonds is 7. The largest absolute Gasteiger partial charge is 0.310 e. The minimum Gasteiger partial charge on any atom is -0.310 e. The highest BCUT2D eigenvalue weighted by atomic mass is 15.1. The molecule has 0 fully saturated rings. The molecular weight excluding hydrogens is 677 g/mol. The zero-order chi connectivity index (χ0) is 37.8. The van der Waals surface area contributed by atoms with Crippen molar-refractivity contribution in [3.63, 3.8) is 0 Å². The zero-order valence-electron chi connectivity index (χ0n) is 31.9. The van der Waals surface area contributed by atoms with Gasteiger partial charge in [-0.2, -0.15) is 0 Å². The van der Waals surface area contributed by atoms with E-state index in [1.54, 1.807) is 0 Å². The van der Waals surface area contributed by atoms with Crippen LogP contribution >= 0.6 is 0 Å². The van der Waals surface area contributed by atoms with E-state index in [1.165, 1.54) is 72.2 Å². The van der Waals surface area contributed by atoms with Gasteiger partial charge in [0.05, 0.1) is 11.2 Å². The predicted octanol–water partition coefficient (Wildman–Crippen LogP) is 14.7. The van der Waals surface area contributed by atoms with Crippen LogP contribution in [0.3, 0.4) is 0 Å². The third-order valence-corrected chi connectivity index (χ3v) is 11.8. The standard InChI is InChI=1S/C54H42N2/c1-37-49-35-42(27-34-52(49)56(43-19-11-6-12-20-43)53(37)41-17-9-5-10-18-41)40-25-30-45(31-26-40)55(44-28-23-39(24-29-44)38-15-7-4-8-16-38)46-32-33-48-47-21-13-14-22-50(47)54(2,3)51(48)36-46/h4-36H,1-3H3. The zero-order valence-corrected chi connectivity index (χ0v) is 31.9. The van der Waals surface area contributed by atoms with E-state index >= 15 is 0 Å². The Hall–Kier alpha value is -6.90. The highest BCUT2D eigenvalue weighted by Gasteiger charge is 2.35. The third-order valence-electron chi connectivity index (χ3n) is 11.8. The van der Waals surface area contributed by atoms with Crippen molar-refractivity contribution in [2.75, 3.05) is 4.90 Å². The van der Waals surface area contributed by atoms with E-state index in [9.17, 15) is 0 Å². The molecule has 8 aromatic carbocycles. The molecule has 0 saturated heterocycles. The number of aromatic nitrogens is 1. The summed E-state index contributed by atoms with van der Waals surface area (Å²) in [5.74, 6) is 0. The number of benzene rings is 8. The third kappa shape index (κ3) is 5.57. The highest BCUT2D eigenvalue weighted by molar-refractivity contribution is 5.96. The Kier molecular flexibility index (Phi) is 8.08. The molecule has 1 heterocycles. The molecule has 0 spiro atoms. The van der Waals surface area contributed by atoms with Crippen LogP contribution in [-0.4, -0.2) is 4.57 Å². The fraction of sp³-hybridized carbons (Fsp3) is 0.0741. The molecule has 268 valence electrons. The maximum Gasteiger partial charge on any atom is 0.0570 e. The molecule has 10 rings (SSSR count). The summed E-state index contributed by atoms with van der Waals surface area (Å²) in [7, 11) is 0. The molecule has 0 aliphatic heterocycles. The van der Waals surface area contributed by atoms with Crippen molar-refractivity contribution in [1.82, 2.24) is 4.57 Å². The van der Waals surface area contributed by atoms with Gasteiger partial charge < -0.3 is 9.47 Å². The molecular formula is C54H42N2. The summed E-state index contributed by atoms with van der Waals surface area (Å²) in [5.41, 5.74) is 19.6. The number of hydrogen-bond acceptors (Lipinski definition) is 1. The van der Waals surface area contributed by atoms with E-state index in [4.69, 9.17) is 0 Å². The van der Waals surface area contributed by atoms with Gasteiger partial charge in [0.1, 0.15) is 0 Å². The predicted molar refractivity (Wildman–Crippen MR) is 237 cm³/mol. The first-order valence-electron chi connectivity index (χ1n) is 19.5. The van der Waals surface area contributed by atoms with Gasteiger partial charge >= 0.3 is 0 Å². The molecule has 0 atom stereocenters. The average Bonchev–Trinajstić information content (AvgIpc) is 3.68. The van der Waals surface area contributed by atoms with Crippen LogP contribution < -0.4 is 4.90 Å². The van der Waals surface area contributed by atoms with Crippen LogP contribution in [0, 0.1) is 6.92 Å². The van der Waals surface area contributed by atoms with Gasteiger partial charge in [0.15, 0.2) is 0 Å². The molecule has 56 heavy (non-hydrogen) atoms. The molecule has 0 saturated carbocycles. The van der Waals surface area contributed by atoms with E-state index in [0.29, 0.717) is 0 Å². The second kappa shape index (κ2) is 13.4. The van der Waals surface area contributed by atoms with Crippen LogP contribution in [0.5, 0.6) is 0 Å². The van der Waals surface area contributed by atoms with Gasteiger partial charge in [-0.3, -0.25) is 0 Å². The Bertz CT molecular complexity index is 2850. The summed E-state index contributed by atoms with van der Waals surface area (Å²) in [6.07, 6.45) is 0. The Morgan fingerprint density at radius 3 is 1.57 bits per heavy atom. The smallest absolute Gasteiger partial charge is 0.0570 e. The van der Waals surface area contributed by atoms with Crippen LogP contribution in [0.25, 0.3) is 61.2 Å². The van der Waals surface area contributed by atoms with E-state index in [1.807, 2.05) is 0 Å². The highest BCUT2D eigenvalue weighted by Crippen LogP contribution is 2.51. The second-order valence-corrected chi connectivity index (χ2v) is 15.4. The van der Waals surface area contributed by atoms with Gasteiger partial charge in [0.2, 0.25) is 0 Å². The lowest BCUT2D eigenvalue weighted by Crippen LogP contribution is -2.16.